The van der Waals surface area contributed by atoms with Gasteiger partial charge in [-0.15, -0.1) is 0 Å². The Morgan fingerprint density at radius 1 is 1.21 bits per heavy atom. The third kappa shape index (κ3) is 2.92. The van der Waals surface area contributed by atoms with Gasteiger partial charge in [0, 0.05) is 6.07 Å². The first kappa shape index (κ1) is 11.9. The molecule has 0 aliphatic rings. The minimum atomic E-state index is -0.329. The Hall–Kier alpha value is -0.150. The maximum atomic E-state index is 8.78. The van der Waals surface area contributed by atoms with E-state index in [1.54, 1.807) is 6.92 Å². The molecule has 2 nitrogen and oxygen atoms in total. The van der Waals surface area contributed by atoms with Crippen molar-refractivity contribution in [2.45, 2.75) is 13.0 Å². The van der Waals surface area contributed by atoms with Crippen LogP contribution in [0.1, 0.15) is 6.92 Å². The minimum Gasteiger partial charge on any atom is -0.487 e. The lowest BCUT2D eigenvalue weighted by Gasteiger charge is -2.13. The third-order valence-electron chi connectivity index (χ3n) is 1.56. The first-order valence-corrected chi connectivity index (χ1v) is 5.10. The number of aliphatic hydroxyl groups is 1. The fourth-order valence-electron chi connectivity index (χ4n) is 0.849. The van der Waals surface area contributed by atoms with Crippen molar-refractivity contribution in [3.8, 4) is 5.75 Å². The summed E-state index contributed by atoms with van der Waals surface area (Å²) < 4.78 is 5.31. The second kappa shape index (κ2) is 5.08. The van der Waals surface area contributed by atoms with Gasteiger partial charge in [-0.05, 0) is 13.0 Å². The van der Waals surface area contributed by atoms with Gasteiger partial charge in [0.05, 0.1) is 21.7 Å². The van der Waals surface area contributed by atoms with Gasteiger partial charge in [0.1, 0.15) is 11.9 Å². The Kier molecular flexibility index (Phi) is 4.32. The summed E-state index contributed by atoms with van der Waals surface area (Å²) in [7, 11) is 0. The van der Waals surface area contributed by atoms with Crippen LogP contribution in [0.5, 0.6) is 5.75 Å². The number of benzene rings is 1. The van der Waals surface area contributed by atoms with Crippen LogP contribution in [0.3, 0.4) is 0 Å². The molecule has 78 valence electrons. The van der Waals surface area contributed by atoms with Crippen molar-refractivity contribution in [2.75, 3.05) is 6.61 Å². The number of ether oxygens (including phenoxy) is 1. The monoisotopic (exact) mass is 254 g/mol. The smallest absolute Gasteiger partial charge is 0.140 e. The summed E-state index contributed by atoms with van der Waals surface area (Å²) in [6.07, 6.45) is -0.329. The number of aliphatic hydroxyl groups excluding tert-OH is 1. The molecule has 0 aromatic heterocycles. The predicted octanol–water partition coefficient (Wildman–Crippen LogP) is 3.41. The molecule has 0 heterocycles. The standard InChI is InChI=1S/C9H9Cl3O2/c1-5(4-13)14-9-3-7(11)6(10)2-8(9)12/h2-3,5,13H,4H2,1H3. The Morgan fingerprint density at radius 3 is 2.36 bits per heavy atom. The van der Waals surface area contributed by atoms with Crippen molar-refractivity contribution in [1.82, 2.24) is 0 Å². The fraction of sp³-hybridized carbons (Fsp3) is 0.333. The summed E-state index contributed by atoms with van der Waals surface area (Å²) in [4.78, 5) is 0. The lowest BCUT2D eigenvalue weighted by atomic mass is 10.3. The van der Waals surface area contributed by atoms with Crippen LogP contribution in [0.15, 0.2) is 12.1 Å². The second-order valence-corrected chi connectivity index (χ2v) is 4.03. The summed E-state index contributed by atoms with van der Waals surface area (Å²) in [5.74, 6) is 0.419. The van der Waals surface area contributed by atoms with Crippen LogP contribution in [-0.4, -0.2) is 17.8 Å². The van der Waals surface area contributed by atoms with E-state index in [-0.39, 0.29) is 12.7 Å². The van der Waals surface area contributed by atoms with Gasteiger partial charge in [0.15, 0.2) is 0 Å². The van der Waals surface area contributed by atoms with Crippen LogP contribution >= 0.6 is 34.8 Å². The van der Waals surface area contributed by atoms with Crippen LogP contribution in [-0.2, 0) is 0 Å². The van der Waals surface area contributed by atoms with E-state index < -0.39 is 0 Å². The summed E-state index contributed by atoms with van der Waals surface area (Å²) in [6, 6.07) is 3.03. The lowest BCUT2D eigenvalue weighted by Crippen LogP contribution is -2.16. The van der Waals surface area contributed by atoms with Gasteiger partial charge in [-0.1, -0.05) is 34.8 Å². The van der Waals surface area contributed by atoms with E-state index >= 15 is 0 Å². The van der Waals surface area contributed by atoms with E-state index in [2.05, 4.69) is 0 Å². The first-order chi connectivity index (χ1) is 6.54. The molecule has 0 amide bonds. The zero-order valence-electron chi connectivity index (χ0n) is 7.43. The summed E-state index contributed by atoms with van der Waals surface area (Å²) >= 11 is 17.4. The van der Waals surface area contributed by atoms with E-state index in [0.29, 0.717) is 20.8 Å². The second-order valence-electron chi connectivity index (χ2n) is 2.81. The molecule has 1 atom stereocenters. The van der Waals surface area contributed by atoms with Crippen molar-refractivity contribution < 1.29 is 9.84 Å². The maximum Gasteiger partial charge on any atom is 0.140 e. The van der Waals surface area contributed by atoms with Crippen molar-refractivity contribution in [3.63, 3.8) is 0 Å². The lowest BCUT2D eigenvalue weighted by molar-refractivity contribution is 0.130. The average Bonchev–Trinajstić information content (AvgIpc) is 2.14. The highest BCUT2D eigenvalue weighted by atomic mass is 35.5. The van der Waals surface area contributed by atoms with Gasteiger partial charge in [-0.25, -0.2) is 0 Å². The SMILES string of the molecule is CC(CO)Oc1cc(Cl)c(Cl)cc1Cl. The Labute approximate surface area is 97.3 Å². The van der Waals surface area contributed by atoms with Crippen LogP contribution in [0.2, 0.25) is 15.1 Å². The molecular weight excluding hydrogens is 246 g/mol. The zero-order chi connectivity index (χ0) is 10.7. The molecule has 0 aliphatic carbocycles. The van der Waals surface area contributed by atoms with E-state index in [1.165, 1.54) is 12.1 Å². The van der Waals surface area contributed by atoms with Gasteiger partial charge in [-0.2, -0.15) is 0 Å². The van der Waals surface area contributed by atoms with Crippen molar-refractivity contribution in [1.29, 1.82) is 0 Å². The maximum absolute atomic E-state index is 8.78. The van der Waals surface area contributed by atoms with Gasteiger partial charge in [-0.3, -0.25) is 0 Å². The summed E-state index contributed by atoms with van der Waals surface area (Å²) in [5, 5.41) is 9.91. The zero-order valence-corrected chi connectivity index (χ0v) is 9.70. The molecule has 0 radical (unpaired) electrons. The quantitative estimate of drug-likeness (QED) is 0.839. The van der Waals surface area contributed by atoms with Crippen LogP contribution in [0.25, 0.3) is 0 Å². The Morgan fingerprint density at radius 2 is 1.79 bits per heavy atom. The van der Waals surface area contributed by atoms with E-state index in [1.807, 2.05) is 0 Å². The highest BCUT2D eigenvalue weighted by Gasteiger charge is 2.09. The largest absolute Gasteiger partial charge is 0.487 e. The molecule has 1 N–H and O–H groups in total. The van der Waals surface area contributed by atoms with Crippen LogP contribution in [0, 0.1) is 0 Å². The molecule has 0 aliphatic heterocycles. The molecule has 14 heavy (non-hydrogen) atoms. The molecule has 0 spiro atoms. The van der Waals surface area contributed by atoms with E-state index in [4.69, 9.17) is 44.6 Å². The number of hydrogen-bond acceptors (Lipinski definition) is 2. The molecule has 1 aromatic rings. The first-order valence-electron chi connectivity index (χ1n) is 3.96. The van der Waals surface area contributed by atoms with Crippen molar-refractivity contribution in [3.05, 3.63) is 27.2 Å². The number of hydrogen-bond donors (Lipinski definition) is 1. The van der Waals surface area contributed by atoms with Gasteiger partial charge in [0.25, 0.3) is 0 Å². The van der Waals surface area contributed by atoms with Gasteiger partial charge >= 0.3 is 0 Å². The fourth-order valence-corrected chi connectivity index (χ4v) is 1.43. The Bertz CT molecular complexity index is 328. The Balaban J connectivity index is 2.92. The summed E-state index contributed by atoms with van der Waals surface area (Å²) in [5.41, 5.74) is 0. The van der Waals surface area contributed by atoms with Crippen LogP contribution < -0.4 is 4.74 Å². The van der Waals surface area contributed by atoms with E-state index in [0.717, 1.165) is 0 Å². The highest BCUT2D eigenvalue weighted by Crippen LogP contribution is 2.34. The molecule has 0 saturated heterocycles. The molecular formula is C9H9Cl3O2. The number of halogens is 3. The van der Waals surface area contributed by atoms with Crippen molar-refractivity contribution in [2.24, 2.45) is 0 Å². The van der Waals surface area contributed by atoms with Gasteiger partial charge < -0.3 is 9.84 Å². The molecule has 1 aromatic carbocycles. The third-order valence-corrected chi connectivity index (χ3v) is 2.58. The molecule has 0 fully saturated rings. The molecule has 5 heteroatoms. The normalized spacial score (nSPS) is 12.6. The number of rotatable bonds is 3. The predicted molar refractivity (Wildman–Crippen MR) is 58.6 cm³/mol. The summed E-state index contributed by atoms with van der Waals surface area (Å²) in [6.45, 7) is 1.63. The molecule has 1 rings (SSSR count). The minimum absolute atomic E-state index is 0.0867. The molecule has 0 bridgehead atoms. The van der Waals surface area contributed by atoms with Crippen molar-refractivity contribution >= 4 is 34.8 Å². The highest BCUT2D eigenvalue weighted by molar-refractivity contribution is 6.43. The van der Waals surface area contributed by atoms with Gasteiger partial charge in [0.2, 0.25) is 0 Å². The van der Waals surface area contributed by atoms with E-state index in [9.17, 15) is 0 Å². The molecule has 1 unspecified atom stereocenters. The average molecular weight is 256 g/mol. The topological polar surface area (TPSA) is 29.5 Å². The van der Waals surface area contributed by atoms with Crippen LogP contribution in [0.4, 0.5) is 0 Å². The molecule has 0 saturated carbocycles.